The first-order valence-electron chi connectivity index (χ1n) is 6.35. The van der Waals surface area contributed by atoms with Crippen molar-refractivity contribution in [3.63, 3.8) is 0 Å². The lowest BCUT2D eigenvalue weighted by atomic mass is 10.3. The van der Waals surface area contributed by atoms with Crippen molar-refractivity contribution in [1.29, 1.82) is 0 Å². The van der Waals surface area contributed by atoms with Crippen LogP contribution in [0.5, 0.6) is 0 Å². The zero-order valence-electron chi connectivity index (χ0n) is 11.8. The fraction of sp³-hybridized carbons (Fsp3) is 0.214. The Morgan fingerprint density at radius 3 is 2.52 bits per heavy atom. The van der Waals surface area contributed by atoms with E-state index in [0.717, 1.165) is 21.4 Å². The number of carbonyl (C=O) groups excluding carboxylic acids is 1. The summed E-state index contributed by atoms with van der Waals surface area (Å²) in [6.45, 7) is 1.45. The van der Waals surface area contributed by atoms with Crippen LogP contribution < -0.4 is 5.32 Å². The van der Waals surface area contributed by atoms with Crippen LogP contribution in [0.1, 0.15) is 11.4 Å². The molecule has 0 atom stereocenters. The summed E-state index contributed by atoms with van der Waals surface area (Å²) in [5, 5.41) is 2.58. The highest BCUT2D eigenvalue weighted by atomic mass is 127. The van der Waals surface area contributed by atoms with E-state index >= 15 is 0 Å². The number of carbonyl (C=O) groups is 1. The van der Waals surface area contributed by atoms with Gasteiger partial charge in [-0.05, 0) is 59.8 Å². The molecular weight excluding hydrogens is 442 g/mol. The predicted molar refractivity (Wildman–Crippen MR) is 90.3 cm³/mol. The molecule has 23 heavy (non-hydrogen) atoms. The average molecular weight is 453 g/mol. The van der Waals surface area contributed by atoms with Crippen molar-refractivity contribution in [2.24, 2.45) is 0 Å². The zero-order valence-corrected chi connectivity index (χ0v) is 14.8. The standard InChI is InChI=1S/C14H11F3IN3OS/c1-8-6-11(14(15,16)17)21-13(19-8)23-7-12(22)20-10-4-2-9(18)3-5-10/h2-6H,7H2,1H3,(H,20,22). The van der Waals surface area contributed by atoms with Gasteiger partial charge in [-0.15, -0.1) is 0 Å². The minimum atomic E-state index is -4.54. The van der Waals surface area contributed by atoms with Crippen LogP contribution in [0, 0.1) is 10.5 Å². The highest BCUT2D eigenvalue weighted by molar-refractivity contribution is 14.1. The SMILES string of the molecule is Cc1cc(C(F)(F)F)nc(SCC(=O)Nc2ccc(I)cc2)n1. The quantitative estimate of drug-likeness (QED) is 0.430. The van der Waals surface area contributed by atoms with Crippen LogP contribution in [0.4, 0.5) is 18.9 Å². The van der Waals surface area contributed by atoms with E-state index in [9.17, 15) is 18.0 Å². The molecule has 1 N–H and O–H groups in total. The fourth-order valence-electron chi connectivity index (χ4n) is 1.61. The van der Waals surface area contributed by atoms with Crippen LogP contribution in [0.2, 0.25) is 0 Å². The van der Waals surface area contributed by atoms with Crippen molar-refractivity contribution in [3.8, 4) is 0 Å². The number of benzene rings is 1. The number of hydrogen-bond acceptors (Lipinski definition) is 4. The Labute approximate surface area is 148 Å². The van der Waals surface area contributed by atoms with Crippen molar-refractivity contribution >= 4 is 45.9 Å². The van der Waals surface area contributed by atoms with Crippen molar-refractivity contribution in [3.05, 3.63) is 45.3 Å². The molecule has 1 amide bonds. The first-order chi connectivity index (χ1) is 10.7. The number of aryl methyl sites for hydroxylation is 1. The molecule has 4 nitrogen and oxygen atoms in total. The minimum absolute atomic E-state index is 0.0740. The van der Waals surface area contributed by atoms with Gasteiger partial charge < -0.3 is 5.32 Å². The molecule has 9 heteroatoms. The topological polar surface area (TPSA) is 54.9 Å². The van der Waals surface area contributed by atoms with Crippen LogP contribution >= 0.6 is 34.4 Å². The van der Waals surface area contributed by atoms with Crippen LogP contribution in [0.25, 0.3) is 0 Å². The van der Waals surface area contributed by atoms with E-state index in [-0.39, 0.29) is 22.5 Å². The molecule has 0 spiro atoms. The summed E-state index contributed by atoms with van der Waals surface area (Å²) < 4.78 is 39.1. The Morgan fingerprint density at radius 1 is 1.26 bits per heavy atom. The largest absolute Gasteiger partial charge is 0.433 e. The summed E-state index contributed by atoms with van der Waals surface area (Å²) in [6.07, 6.45) is -4.54. The third-order valence-electron chi connectivity index (χ3n) is 2.58. The normalized spacial score (nSPS) is 11.3. The van der Waals surface area contributed by atoms with Crippen molar-refractivity contribution in [2.45, 2.75) is 18.3 Å². The van der Waals surface area contributed by atoms with Gasteiger partial charge in [-0.2, -0.15) is 13.2 Å². The molecule has 0 saturated heterocycles. The first kappa shape index (κ1) is 18.0. The van der Waals surface area contributed by atoms with Gasteiger partial charge in [-0.3, -0.25) is 4.79 Å². The van der Waals surface area contributed by atoms with Gasteiger partial charge in [-0.1, -0.05) is 11.8 Å². The molecule has 0 aliphatic rings. The highest BCUT2D eigenvalue weighted by Gasteiger charge is 2.33. The van der Waals surface area contributed by atoms with Crippen LogP contribution in [-0.2, 0) is 11.0 Å². The van der Waals surface area contributed by atoms with Crippen molar-refractivity contribution < 1.29 is 18.0 Å². The van der Waals surface area contributed by atoms with E-state index in [1.807, 2.05) is 12.1 Å². The lowest BCUT2D eigenvalue weighted by Gasteiger charge is -2.09. The van der Waals surface area contributed by atoms with Gasteiger partial charge in [0.25, 0.3) is 0 Å². The summed E-state index contributed by atoms with van der Waals surface area (Å²) in [5.41, 5.74) is -0.185. The van der Waals surface area contributed by atoms with Crippen molar-refractivity contribution in [1.82, 2.24) is 9.97 Å². The number of anilines is 1. The Bertz CT molecular complexity index is 707. The number of nitrogens with zero attached hydrogens (tertiary/aromatic N) is 2. The second-order valence-electron chi connectivity index (χ2n) is 4.52. The summed E-state index contributed by atoms with van der Waals surface area (Å²) in [6, 6.07) is 8.03. The molecule has 0 saturated carbocycles. The molecule has 122 valence electrons. The van der Waals surface area contributed by atoms with Crippen LogP contribution in [0.3, 0.4) is 0 Å². The highest BCUT2D eigenvalue weighted by Crippen LogP contribution is 2.29. The zero-order chi connectivity index (χ0) is 17.0. The summed E-state index contributed by atoms with van der Waals surface area (Å²) in [4.78, 5) is 19.2. The maximum atomic E-state index is 12.7. The van der Waals surface area contributed by atoms with Gasteiger partial charge in [0, 0.05) is 15.0 Å². The van der Waals surface area contributed by atoms with Gasteiger partial charge in [0.1, 0.15) is 5.69 Å². The third-order valence-corrected chi connectivity index (χ3v) is 4.15. The second kappa shape index (κ2) is 7.47. The Hall–Kier alpha value is -1.36. The van der Waals surface area contributed by atoms with Gasteiger partial charge >= 0.3 is 6.18 Å². The van der Waals surface area contributed by atoms with Crippen LogP contribution in [-0.4, -0.2) is 21.6 Å². The maximum Gasteiger partial charge on any atom is 0.433 e. The molecule has 0 aliphatic heterocycles. The molecule has 0 fully saturated rings. The van der Waals surface area contributed by atoms with Crippen molar-refractivity contribution in [2.75, 3.05) is 11.1 Å². The first-order valence-corrected chi connectivity index (χ1v) is 8.41. The molecule has 1 heterocycles. The van der Waals surface area contributed by atoms with Gasteiger partial charge in [0.05, 0.1) is 5.75 Å². The number of alkyl halides is 3. The molecule has 0 radical (unpaired) electrons. The molecule has 0 unspecified atom stereocenters. The number of thioether (sulfide) groups is 1. The summed E-state index contributed by atoms with van der Waals surface area (Å²) in [7, 11) is 0. The minimum Gasteiger partial charge on any atom is -0.325 e. The third kappa shape index (κ3) is 5.65. The Kier molecular flexibility index (Phi) is 5.84. The van der Waals surface area contributed by atoms with E-state index in [1.54, 1.807) is 12.1 Å². The summed E-state index contributed by atoms with van der Waals surface area (Å²) in [5.74, 6) is -0.415. The molecule has 2 rings (SSSR count). The monoisotopic (exact) mass is 453 g/mol. The van der Waals surface area contributed by atoms with Gasteiger partial charge in [-0.25, -0.2) is 9.97 Å². The van der Waals surface area contributed by atoms with E-state index in [2.05, 4.69) is 37.9 Å². The molecule has 1 aromatic carbocycles. The number of hydrogen-bond donors (Lipinski definition) is 1. The molecule has 0 bridgehead atoms. The fourth-order valence-corrected chi connectivity index (χ4v) is 2.67. The lowest BCUT2D eigenvalue weighted by molar-refractivity contribution is -0.141. The van der Waals surface area contributed by atoms with E-state index in [0.29, 0.717) is 5.69 Å². The number of nitrogens with one attached hydrogen (secondary N) is 1. The van der Waals surface area contributed by atoms with E-state index in [4.69, 9.17) is 0 Å². The molecular formula is C14H11F3IN3OS. The maximum absolute atomic E-state index is 12.7. The smallest absolute Gasteiger partial charge is 0.325 e. The Balaban J connectivity index is 1.99. The van der Waals surface area contributed by atoms with E-state index < -0.39 is 11.9 Å². The molecule has 1 aromatic heterocycles. The number of rotatable bonds is 4. The number of halogens is 4. The number of amides is 1. The summed E-state index contributed by atoms with van der Waals surface area (Å²) >= 11 is 3.00. The molecule has 2 aromatic rings. The molecule has 0 aliphatic carbocycles. The van der Waals surface area contributed by atoms with Gasteiger partial charge in [0.2, 0.25) is 5.91 Å². The lowest BCUT2D eigenvalue weighted by Crippen LogP contribution is -2.15. The van der Waals surface area contributed by atoms with Gasteiger partial charge in [0.15, 0.2) is 5.16 Å². The van der Waals surface area contributed by atoms with E-state index in [1.165, 1.54) is 6.92 Å². The second-order valence-corrected chi connectivity index (χ2v) is 6.71. The Morgan fingerprint density at radius 2 is 1.91 bits per heavy atom. The predicted octanol–water partition coefficient (Wildman–Crippen LogP) is 4.14. The van der Waals surface area contributed by atoms with Crippen LogP contribution in [0.15, 0.2) is 35.5 Å². The average Bonchev–Trinajstić information content (AvgIpc) is 2.46. The number of aromatic nitrogens is 2.